The summed E-state index contributed by atoms with van der Waals surface area (Å²) in [6.07, 6.45) is 7.57. The highest BCUT2D eigenvalue weighted by molar-refractivity contribution is 5.76. The van der Waals surface area contributed by atoms with Gasteiger partial charge >= 0.3 is 0 Å². The molecule has 1 amide bonds. The van der Waals surface area contributed by atoms with Crippen molar-refractivity contribution in [2.24, 2.45) is 0 Å². The number of fused-ring (bicyclic) bond motifs is 1. The molecule has 1 saturated heterocycles. The van der Waals surface area contributed by atoms with Crippen molar-refractivity contribution in [2.75, 3.05) is 37.7 Å². The molecular weight excluding hydrogens is 344 g/mol. The molecule has 4 rings (SSSR count). The first kappa shape index (κ1) is 17.9. The Labute approximate surface area is 159 Å². The predicted octanol–water partition coefficient (Wildman–Crippen LogP) is 1.18. The van der Waals surface area contributed by atoms with Crippen LogP contribution < -0.4 is 4.90 Å². The summed E-state index contributed by atoms with van der Waals surface area (Å²) in [4.78, 5) is 30.0. The van der Waals surface area contributed by atoms with Gasteiger partial charge in [-0.25, -0.2) is 15.0 Å². The fraction of sp³-hybridized carbons (Fsp3) is 0.579. The van der Waals surface area contributed by atoms with E-state index in [2.05, 4.69) is 24.4 Å². The number of nitrogens with zero attached hydrogens (tertiary/aromatic N) is 6. The van der Waals surface area contributed by atoms with E-state index < -0.39 is 0 Å². The third kappa shape index (κ3) is 3.95. The molecule has 0 unspecified atom stereocenters. The van der Waals surface area contributed by atoms with Crippen LogP contribution in [0.15, 0.2) is 18.7 Å². The average Bonchev–Trinajstić information content (AvgIpc) is 3.12. The SMILES string of the molecule is Cc1nccn1CCCC(=O)N1CCc2c(ncnc2N2CCOCC2)C1. The number of morpholine rings is 1. The highest BCUT2D eigenvalue weighted by Crippen LogP contribution is 2.26. The normalized spacial score (nSPS) is 17.1. The summed E-state index contributed by atoms with van der Waals surface area (Å²) in [6, 6.07) is 0. The van der Waals surface area contributed by atoms with Gasteiger partial charge in [-0.05, 0) is 19.8 Å². The van der Waals surface area contributed by atoms with Crippen LogP contribution in [0, 0.1) is 6.92 Å². The van der Waals surface area contributed by atoms with Crippen molar-refractivity contribution in [3.05, 3.63) is 35.8 Å². The predicted molar refractivity (Wildman–Crippen MR) is 100 cm³/mol. The van der Waals surface area contributed by atoms with Gasteiger partial charge in [0.15, 0.2) is 0 Å². The molecule has 2 aliphatic rings. The van der Waals surface area contributed by atoms with Gasteiger partial charge in [-0.15, -0.1) is 0 Å². The summed E-state index contributed by atoms with van der Waals surface area (Å²) in [5.74, 6) is 2.21. The summed E-state index contributed by atoms with van der Waals surface area (Å²) < 4.78 is 7.53. The maximum atomic E-state index is 12.6. The number of rotatable bonds is 5. The Morgan fingerprint density at radius 1 is 1.19 bits per heavy atom. The lowest BCUT2D eigenvalue weighted by molar-refractivity contribution is -0.132. The van der Waals surface area contributed by atoms with Crippen LogP contribution in [0.25, 0.3) is 0 Å². The first-order valence-corrected chi connectivity index (χ1v) is 9.63. The van der Waals surface area contributed by atoms with Gasteiger partial charge in [-0.1, -0.05) is 0 Å². The Hall–Kier alpha value is -2.48. The van der Waals surface area contributed by atoms with Gasteiger partial charge in [0.25, 0.3) is 0 Å². The minimum Gasteiger partial charge on any atom is -0.378 e. The topological polar surface area (TPSA) is 76.4 Å². The number of carbonyl (C=O) groups is 1. The van der Waals surface area contributed by atoms with Crippen molar-refractivity contribution < 1.29 is 9.53 Å². The number of anilines is 1. The molecule has 8 nitrogen and oxygen atoms in total. The maximum Gasteiger partial charge on any atom is 0.222 e. The number of imidazole rings is 1. The Morgan fingerprint density at radius 3 is 2.81 bits per heavy atom. The quantitative estimate of drug-likeness (QED) is 0.787. The van der Waals surface area contributed by atoms with Gasteiger partial charge in [-0.2, -0.15) is 0 Å². The van der Waals surface area contributed by atoms with Crippen molar-refractivity contribution in [1.82, 2.24) is 24.4 Å². The number of ether oxygens (including phenoxy) is 1. The summed E-state index contributed by atoms with van der Waals surface area (Å²) >= 11 is 0. The molecule has 27 heavy (non-hydrogen) atoms. The molecule has 0 spiro atoms. The number of amides is 1. The fourth-order valence-corrected chi connectivity index (χ4v) is 3.80. The second kappa shape index (κ2) is 8.04. The molecule has 0 aromatic carbocycles. The van der Waals surface area contributed by atoms with Crippen LogP contribution in [0.3, 0.4) is 0 Å². The van der Waals surface area contributed by atoms with Crippen molar-refractivity contribution in [3.8, 4) is 0 Å². The minimum atomic E-state index is 0.199. The number of hydrogen-bond acceptors (Lipinski definition) is 6. The lowest BCUT2D eigenvalue weighted by atomic mass is 10.0. The maximum absolute atomic E-state index is 12.6. The van der Waals surface area contributed by atoms with Crippen LogP contribution in [0.4, 0.5) is 5.82 Å². The van der Waals surface area contributed by atoms with Crippen molar-refractivity contribution in [1.29, 1.82) is 0 Å². The molecule has 144 valence electrons. The Bertz CT molecular complexity index is 799. The van der Waals surface area contributed by atoms with Crippen LogP contribution in [0.1, 0.15) is 29.9 Å². The number of aromatic nitrogens is 4. The minimum absolute atomic E-state index is 0.199. The summed E-state index contributed by atoms with van der Waals surface area (Å²) in [5.41, 5.74) is 2.18. The molecule has 0 atom stereocenters. The molecule has 4 heterocycles. The monoisotopic (exact) mass is 370 g/mol. The van der Waals surface area contributed by atoms with E-state index in [0.29, 0.717) is 13.0 Å². The number of hydrogen-bond donors (Lipinski definition) is 0. The molecule has 0 aliphatic carbocycles. The van der Waals surface area contributed by atoms with Crippen LogP contribution in [-0.2, 0) is 29.0 Å². The first-order chi connectivity index (χ1) is 13.2. The third-order valence-electron chi connectivity index (χ3n) is 5.36. The largest absolute Gasteiger partial charge is 0.378 e. The van der Waals surface area contributed by atoms with Crippen LogP contribution >= 0.6 is 0 Å². The van der Waals surface area contributed by atoms with E-state index in [1.165, 1.54) is 5.56 Å². The smallest absolute Gasteiger partial charge is 0.222 e. The Balaban J connectivity index is 1.36. The van der Waals surface area contributed by atoms with Gasteiger partial charge in [0.2, 0.25) is 5.91 Å². The van der Waals surface area contributed by atoms with E-state index in [1.54, 1.807) is 12.5 Å². The molecular formula is C19H26N6O2. The zero-order valence-corrected chi connectivity index (χ0v) is 15.8. The fourth-order valence-electron chi connectivity index (χ4n) is 3.80. The zero-order chi connectivity index (χ0) is 18.6. The van der Waals surface area contributed by atoms with Gasteiger partial charge in [0, 0.05) is 50.6 Å². The Kier molecular flexibility index (Phi) is 5.33. The van der Waals surface area contributed by atoms with Gasteiger partial charge < -0.3 is 19.1 Å². The van der Waals surface area contributed by atoms with E-state index in [0.717, 1.165) is 69.6 Å². The summed E-state index contributed by atoms with van der Waals surface area (Å²) in [5, 5.41) is 0. The highest BCUT2D eigenvalue weighted by atomic mass is 16.5. The van der Waals surface area contributed by atoms with Crippen molar-refractivity contribution in [3.63, 3.8) is 0 Å². The lowest BCUT2D eigenvalue weighted by Crippen LogP contribution is -2.40. The highest BCUT2D eigenvalue weighted by Gasteiger charge is 2.26. The van der Waals surface area contributed by atoms with Crippen LogP contribution in [0.5, 0.6) is 0 Å². The van der Waals surface area contributed by atoms with Crippen molar-refractivity contribution >= 4 is 11.7 Å². The molecule has 2 aromatic heterocycles. The first-order valence-electron chi connectivity index (χ1n) is 9.63. The van der Waals surface area contributed by atoms with Crippen molar-refractivity contribution in [2.45, 2.75) is 39.3 Å². The molecule has 0 radical (unpaired) electrons. The van der Waals surface area contributed by atoms with E-state index in [1.807, 2.05) is 18.0 Å². The van der Waals surface area contributed by atoms with E-state index in [4.69, 9.17) is 4.74 Å². The van der Waals surface area contributed by atoms with E-state index in [-0.39, 0.29) is 5.91 Å². The second-order valence-corrected chi connectivity index (χ2v) is 7.06. The van der Waals surface area contributed by atoms with Gasteiger partial charge in [0.1, 0.15) is 18.0 Å². The molecule has 2 aromatic rings. The number of carbonyl (C=O) groups excluding carboxylic acids is 1. The molecule has 1 fully saturated rings. The molecule has 8 heteroatoms. The lowest BCUT2D eigenvalue weighted by Gasteiger charge is -2.33. The average molecular weight is 370 g/mol. The number of aryl methyl sites for hydroxylation is 2. The molecule has 0 N–H and O–H groups in total. The van der Waals surface area contributed by atoms with Gasteiger partial charge in [0.05, 0.1) is 25.5 Å². The van der Waals surface area contributed by atoms with E-state index >= 15 is 0 Å². The Morgan fingerprint density at radius 2 is 2.04 bits per heavy atom. The summed E-state index contributed by atoms with van der Waals surface area (Å²) in [6.45, 7) is 7.32. The van der Waals surface area contributed by atoms with Crippen LogP contribution in [0.2, 0.25) is 0 Å². The van der Waals surface area contributed by atoms with Gasteiger partial charge in [-0.3, -0.25) is 4.79 Å². The second-order valence-electron chi connectivity index (χ2n) is 7.06. The van der Waals surface area contributed by atoms with Crippen LogP contribution in [-0.4, -0.2) is 63.2 Å². The van der Waals surface area contributed by atoms with E-state index in [9.17, 15) is 4.79 Å². The zero-order valence-electron chi connectivity index (χ0n) is 15.8. The molecule has 0 bridgehead atoms. The standard InChI is InChI=1S/C19H26N6O2/c1-15-20-5-8-23(15)6-2-3-18(26)25-7-4-16-17(13-25)21-14-22-19(16)24-9-11-27-12-10-24/h5,8,14H,2-4,6-7,9-13H2,1H3. The molecule has 0 saturated carbocycles. The third-order valence-corrected chi connectivity index (χ3v) is 5.36. The molecule has 2 aliphatic heterocycles. The summed E-state index contributed by atoms with van der Waals surface area (Å²) in [7, 11) is 0.